The standard InChI is InChI=1S/C16H20ClNO/c17-14-6-1-4-12(10-14)16(19)13-5-3-9-18(11-13)15-7-2-8-15/h1,4,6,10,13,15H,2-3,5,7-9,11H2/t13-/m0/s1. The van der Waals surface area contributed by atoms with Crippen LogP contribution in [0.4, 0.5) is 0 Å². The Labute approximate surface area is 119 Å². The number of halogens is 1. The Hall–Kier alpha value is -0.860. The minimum Gasteiger partial charge on any atom is -0.300 e. The number of ketones is 1. The van der Waals surface area contributed by atoms with E-state index in [0.29, 0.717) is 5.02 Å². The predicted octanol–water partition coefficient (Wildman–Crippen LogP) is 3.79. The number of piperidine rings is 1. The number of hydrogen-bond acceptors (Lipinski definition) is 2. The Morgan fingerprint density at radius 1 is 1.21 bits per heavy atom. The highest BCUT2D eigenvalue weighted by atomic mass is 35.5. The van der Waals surface area contributed by atoms with Crippen molar-refractivity contribution in [1.82, 2.24) is 4.90 Å². The van der Waals surface area contributed by atoms with Crippen LogP contribution in [0.2, 0.25) is 5.02 Å². The number of carbonyl (C=O) groups is 1. The number of hydrogen-bond donors (Lipinski definition) is 0. The summed E-state index contributed by atoms with van der Waals surface area (Å²) in [6, 6.07) is 8.11. The van der Waals surface area contributed by atoms with Gasteiger partial charge in [0.05, 0.1) is 0 Å². The van der Waals surface area contributed by atoms with Crippen molar-refractivity contribution in [3.8, 4) is 0 Å². The van der Waals surface area contributed by atoms with E-state index in [4.69, 9.17) is 11.6 Å². The molecule has 0 radical (unpaired) electrons. The van der Waals surface area contributed by atoms with Crippen LogP contribution >= 0.6 is 11.6 Å². The molecule has 0 aromatic heterocycles. The zero-order valence-corrected chi connectivity index (χ0v) is 11.9. The van der Waals surface area contributed by atoms with Gasteiger partial charge < -0.3 is 0 Å². The second-order valence-corrected chi connectivity index (χ2v) is 6.23. The van der Waals surface area contributed by atoms with Crippen LogP contribution in [0.25, 0.3) is 0 Å². The van der Waals surface area contributed by atoms with Gasteiger partial charge in [0.25, 0.3) is 0 Å². The minimum atomic E-state index is 0.160. The highest BCUT2D eigenvalue weighted by Gasteiger charge is 2.32. The first-order valence-electron chi connectivity index (χ1n) is 7.28. The first kappa shape index (κ1) is 13.1. The molecule has 0 unspecified atom stereocenters. The molecule has 2 fully saturated rings. The molecule has 1 aromatic carbocycles. The van der Waals surface area contributed by atoms with Gasteiger partial charge in [-0.1, -0.05) is 30.2 Å². The number of benzene rings is 1. The smallest absolute Gasteiger partial charge is 0.167 e. The molecule has 0 spiro atoms. The van der Waals surface area contributed by atoms with Crippen molar-refractivity contribution in [3.63, 3.8) is 0 Å². The second-order valence-electron chi connectivity index (χ2n) is 5.79. The van der Waals surface area contributed by atoms with Crippen LogP contribution in [0.1, 0.15) is 42.5 Å². The Balaban J connectivity index is 1.69. The fourth-order valence-electron chi connectivity index (χ4n) is 3.18. The zero-order valence-electron chi connectivity index (χ0n) is 11.1. The van der Waals surface area contributed by atoms with Gasteiger partial charge in [-0.3, -0.25) is 9.69 Å². The van der Waals surface area contributed by atoms with E-state index in [2.05, 4.69) is 4.90 Å². The quantitative estimate of drug-likeness (QED) is 0.784. The van der Waals surface area contributed by atoms with Gasteiger partial charge in [0.2, 0.25) is 0 Å². The van der Waals surface area contributed by atoms with Crippen molar-refractivity contribution in [3.05, 3.63) is 34.9 Å². The molecule has 1 aliphatic carbocycles. The van der Waals surface area contributed by atoms with E-state index in [-0.39, 0.29) is 11.7 Å². The molecule has 0 bridgehead atoms. The van der Waals surface area contributed by atoms with Gasteiger partial charge in [0.15, 0.2) is 5.78 Å². The molecule has 19 heavy (non-hydrogen) atoms. The number of Topliss-reactive ketones (excluding diaryl/α,β-unsaturated/α-hetero) is 1. The maximum absolute atomic E-state index is 12.5. The lowest BCUT2D eigenvalue weighted by molar-refractivity contribution is 0.0612. The van der Waals surface area contributed by atoms with Gasteiger partial charge in [-0.05, 0) is 44.4 Å². The van der Waals surface area contributed by atoms with Gasteiger partial charge >= 0.3 is 0 Å². The highest BCUT2D eigenvalue weighted by molar-refractivity contribution is 6.31. The molecular formula is C16H20ClNO. The summed E-state index contributed by atoms with van der Waals surface area (Å²) in [5, 5.41) is 0.650. The summed E-state index contributed by atoms with van der Waals surface area (Å²) in [6.07, 6.45) is 6.16. The number of rotatable bonds is 3. The normalized spacial score (nSPS) is 25.0. The average Bonchev–Trinajstić information content (AvgIpc) is 2.36. The van der Waals surface area contributed by atoms with E-state index >= 15 is 0 Å². The molecule has 2 aliphatic rings. The maximum atomic E-state index is 12.5. The van der Waals surface area contributed by atoms with Gasteiger partial charge in [0.1, 0.15) is 0 Å². The molecular weight excluding hydrogens is 258 g/mol. The van der Waals surface area contributed by atoms with Gasteiger partial charge in [-0.2, -0.15) is 0 Å². The molecule has 0 N–H and O–H groups in total. The highest BCUT2D eigenvalue weighted by Crippen LogP contribution is 2.30. The Morgan fingerprint density at radius 3 is 2.74 bits per heavy atom. The van der Waals surface area contributed by atoms with Crippen molar-refractivity contribution in [2.75, 3.05) is 13.1 Å². The lowest BCUT2D eigenvalue weighted by Gasteiger charge is -2.42. The summed E-state index contributed by atoms with van der Waals surface area (Å²) in [7, 11) is 0. The summed E-state index contributed by atoms with van der Waals surface area (Å²) in [5.74, 6) is 0.430. The molecule has 3 heteroatoms. The summed E-state index contributed by atoms with van der Waals surface area (Å²) in [5.41, 5.74) is 0.771. The van der Waals surface area contributed by atoms with Crippen LogP contribution in [0.5, 0.6) is 0 Å². The van der Waals surface area contributed by atoms with Gasteiger partial charge in [-0.15, -0.1) is 0 Å². The first-order chi connectivity index (χ1) is 9.24. The molecule has 1 saturated heterocycles. The minimum absolute atomic E-state index is 0.160. The van der Waals surface area contributed by atoms with Gasteiger partial charge in [-0.25, -0.2) is 0 Å². The molecule has 102 valence electrons. The first-order valence-corrected chi connectivity index (χ1v) is 7.65. The van der Waals surface area contributed by atoms with Crippen molar-refractivity contribution < 1.29 is 4.79 Å². The van der Waals surface area contributed by atoms with E-state index < -0.39 is 0 Å². The Morgan fingerprint density at radius 2 is 2.05 bits per heavy atom. The van der Waals surface area contributed by atoms with Crippen molar-refractivity contribution in [2.24, 2.45) is 5.92 Å². The molecule has 1 saturated carbocycles. The largest absolute Gasteiger partial charge is 0.300 e. The van der Waals surface area contributed by atoms with Gasteiger partial charge in [0, 0.05) is 29.1 Å². The van der Waals surface area contributed by atoms with Crippen molar-refractivity contribution in [1.29, 1.82) is 0 Å². The second kappa shape index (κ2) is 5.64. The fourth-order valence-corrected chi connectivity index (χ4v) is 3.37. The van der Waals surface area contributed by atoms with Crippen LogP contribution in [0.3, 0.4) is 0 Å². The molecule has 1 aliphatic heterocycles. The number of likely N-dealkylation sites (tertiary alicyclic amines) is 1. The summed E-state index contributed by atoms with van der Waals surface area (Å²) < 4.78 is 0. The van der Waals surface area contributed by atoms with Crippen LogP contribution in [-0.4, -0.2) is 29.8 Å². The van der Waals surface area contributed by atoms with Crippen LogP contribution in [-0.2, 0) is 0 Å². The van der Waals surface area contributed by atoms with Crippen LogP contribution in [0.15, 0.2) is 24.3 Å². The predicted molar refractivity (Wildman–Crippen MR) is 77.7 cm³/mol. The average molecular weight is 278 g/mol. The number of nitrogens with zero attached hydrogens (tertiary/aromatic N) is 1. The summed E-state index contributed by atoms with van der Waals surface area (Å²) in [4.78, 5) is 15.1. The third kappa shape index (κ3) is 2.85. The Kier molecular flexibility index (Phi) is 3.90. The lowest BCUT2D eigenvalue weighted by Crippen LogP contribution is -2.47. The van der Waals surface area contributed by atoms with Crippen LogP contribution in [0, 0.1) is 5.92 Å². The van der Waals surface area contributed by atoms with E-state index in [9.17, 15) is 4.79 Å². The topological polar surface area (TPSA) is 20.3 Å². The molecule has 2 nitrogen and oxygen atoms in total. The summed E-state index contributed by atoms with van der Waals surface area (Å²) >= 11 is 5.98. The molecule has 1 heterocycles. The molecule has 1 aromatic rings. The van der Waals surface area contributed by atoms with E-state index in [1.165, 1.54) is 25.8 Å². The van der Waals surface area contributed by atoms with E-state index in [0.717, 1.165) is 31.0 Å². The van der Waals surface area contributed by atoms with Crippen molar-refractivity contribution >= 4 is 17.4 Å². The zero-order chi connectivity index (χ0) is 13.2. The SMILES string of the molecule is O=C(c1cccc(Cl)c1)[C@H]1CCCN(C2CCC2)C1. The molecule has 3 rings (SSSR count). The lowest BCUT2D eigenvalue weighted by atomic mass is 9.85. The third-order valence-electron chi connectivity index (χ3n) is 4.52. The van der Waals surface area contributed by atoms with Crippen molar-refractivity contribution in [2.45, 2.75) is 38.1 Å². The number of carbonyl (C=O) groups excluding carboxylic acids is 1. The third-order valence-corrected chi connectivity index (χ3v) is 4.76. The van der Waals surface area contributed by atoms with E-state index in [1.807, 2.05) is 18.2 Å². The van der Waals surface area contributed by atoms with E-state index in [1.54, 1.807) is 6.07 Å². The molecule has 1 atom stereocenters. The monoisotopic (exact) mass is 277 g/mol. The molecule has 0 amide bonds. The fraction of sp³-hybridized carbons (Fsp3) is 0.562. The van der Waals surface area contributed by atoms with Crippen LogP contribution < -0.4 is 0 Å². The maximum Gasteiger partial charge on any atom is 0.167 e. The Bertz CT molecular complexity index is 470. The summed E-state index contributed by atoms with van der Waals surface area (Å²) in [6.45, 7) is 2.11.